The first-order valence-corrected chi connectivity index (χ1v) is 10.5. The molecule has 1 aromatic carbocycles. The van der Waals surface area contributed by atoms with E-state index in [9.17, 15) is 23.1 Å². The zero-order valence-corrected chi connectivity index (χ0v) is 15.6. The lowest BCUT2D eigenvalue weighted by molar-refractivity contribution is -0.153. The van der Waals surface area contributed by atoms with E-state index >= 15 is 0 Å². The van der Waals surface area contributed by atoms with Gasteiger partial charge in [-0.25, -0.2) is 17.5 Å². The van der Waals surface area contributed by atoms with Crippen LogP contribution in [0.4, 0.5) is 0 Å². The van der Waals surface area contributed by atoms with Gasteiger partial charge in [-0.05, 0) is 37.3 Å². The molecule has 2 aliphatic rings. The van der Waals surface area contributed by atoms with E-state index < -0.39 is 22.0 Å². The summed E-state index contributed by atoms with van der Waals surface area (Å²) in [5, 5.41) is 9.70. The molecule has 0 bridgehead atoms. The molecule has 3 rings (SSSR count). The first kappa shape index (κ1) is 18.8. The third-order valence-corrected chi connectivity index (χ3v) is 7.24. The van der Waals surface area contributed by atoms with Gasteiger partial charge in [0.25, 0.3) is 0 Å². The highest BCUT2D eigenvalue weighted by atomic mass is 32.2. The third kappa shape index (κ3) is 3.48. The van der Waals surface area contributed by atoms with Gasteiger partial charge in [-0.1, -0.05) is 24.3 Å². The molecule has 1 unspecified atom stereocenters. The molecule has 2 heterocycles. The lowest BCUT2D eigenvalue weighted by Crippen LogP contribution is -2.49. The Kier molecular flexibility index (Phi) is 5.34. The van der Waals surface area contributed by atoms with Crippen molar-refractivity contribution < 1.29 is 23.1 Å². The summed E-state index contributed by atoms with van der Waals surface area (Å²) in [6.07, 6.45) is 1.50. The Hall–Kier alpha value is -1.93. The maximum Gasteiger partial charge on any atom is 0.331 e. The number of sulfonamides is 1. The molecule has 142 valence electrons. The smallest absolute Gasteiger partial charge is 0.331 e. The fourth-order valence-corrected chi connectivity index (χ4v) is 5.00. The Balaban J connectivity index is 1.75. The molecule has 1 atom stereocenters. The number of aliphatic carboxylic acids is 1. The van der Waals surface area contributed by atoms with Crippen LogP contribution in [0.1, 0.15) is 36.9 Å². The Morgan fingerprint density at radius 3 is 2.42 bits per heavy atom. The summed E-state index contributed by atoms with van der Waals surface area (Å²) >= 11 is 0. The lowest BCUT2D eigenvalue weighted by Gasteiger charge is -2.38. The summed E-state index contributed by atoms with van der Waals surface area (Å²) in [6.45, 7) is 2.61. The van der Waals surface area contributed by atoms with Crippen LogP contribution >= 0.6 is 0 Å². The van der Waals surface area contributed by atoms with Crippen LogP contribution in [0.3, 0.4) is 0 Å². The van der Waals surface area contributed by atoms with Crippen LogP contribution in [0.15, 0.2) is 24.3 Å². The van der Waals surface area contributed by atoms with Gasteiger partial charge >= 0.3 is 5.97 Å². The van der Waals surface area contributed by atoms with Crippen molar-refractivity contribution in [2.24, 2.45) is 5.92 Å². The maximum atomic E-state index is 13.0. The van der Waals surface area contributed by atoms with Crippen molar-refractivity contribution in [3.05, 3.63) is 35.4 Å². The minimum Gasteiger partial charge on any atom is -0.479 e. The fourth-order valence-electron chi connectivity index (χ4n) is 3.87. The number of nitrogens with zero attached hydrogens (tertiary/aromatic N) is 2. The van der Waals surface area contributed by atoms with Crippen molar-refractivity contribution in [3.63, 3.8) is 0 Å². The zero-order chi connectivity index (χ0) is 18.9. The number of carboxylic acids is 1. The second-order valence-electron chi connectivity index (χ2n) is 6.80. The lowest BCUT2D eigenvalue weighted by atomic mass is 9.89. The molecule has 1 aromatic rings. The molecule has 1 amide bonds. The number of carboxylic acid groups (broad SMARTS) is 1. The molecule has 1 saturated heterocycles. The number of carbonyl (C=O) groups excluding carboxylic acids is 1. The van der Waals surface area contributed by atoms with Gasteiger partial charge in [0.15, 0.2) is 6.04 Å². The van der Waals surface area contributed by atoms with Gasteiger partial charge in [0.1, 0.15) is 0 Å². The molecule has 8 heteroatoms. The highest BCUT2D eigenvalue weighted by Gasteiger charge is 2.39. The zero-order valence-electron chi connectivity index (χ0n) is 14.8. The van der Waals surface area contributed by atoms with Crippen LogP contribution in [-0.4, -0.2) is 60.0 Å². The van der Waals surface area contributed by atoms with E-state index in [1.165, 1.54) is 9.21 Å². The molecule has 26 heavy (non-hydrogen) atoms. The van der Waals surface area contributed by atoms with Gasteiger partial charge in [0.2, 0.25) is 15.9 Å². The number of benzene rings is 1. The molecule has 7 nitrogen and oxygen atoms in total. The highest BCUT2D eigenvalue weighted by Crippen LogP contribution is 2.33. The Labute approximate surface area is 153 Å². The van der Waals surface area contributed by atoms with Crippen molar-refractivity contribution in [1.82, 2.24) is 9.21 Å². The van der Waals surface area contributed by atoms with Gasteiger partial charge < -0.3 is 10.0 Å². The third-order valence-electron chi connectivity index (χ3n) is 5.36. The summed E-state index contributed by atoms with van der Waals surface area (Å²) in [7, 11) is -3.25. The molecule has 0 aliphatic carbocycles. The average Bonchev–Trinajstić information content (AvgIpc) is 2.66. The fraction of sp³-hybridized carbons (Fsp3) is 0.556. The second kappa shape index (κ2) is 7.36. The average molecular weight is 380 g/mol. The highest BCUT2D eigenvalue weighted by molar-refractivity contribution is 7.89. The van der Waals surface area contributed by atoms with E-state index in [0.29, 0.717) is 44.5 Å². The van der Waals surface area contributed by atoms with Crippen LogP contribution in [0.2, 0.25) is 0 Å². The summed E-state index contributed by atoms with van der Waals surface area (Å²) in [4.78, 5) is 26.3. The number of piperidine rings is 1. The summed E-state index contributed by atoms with van der Waals surface area (Å²) in [6, 6.07) is 6.37. The summed E-state index contributed by atoms with van der Waals surface area (Å²) in [5.74, 6) is -1.49. The number of amides is 1. The molecule has 2 aliphatic heterocycles. The topological polar surface area (TPSA) is 95.0 Å². The van der Waals surface area contributed by atoms with Crippen LogP contribution in [-0.2, 0) is 26.0 Å². The molecule has 1 fully saturated rings. The Bertz CT molecular complexity index is 800. The largest absolute Gasteiger partial charge is 0.479 e. The predicted molar refractivity (Wildman–Crippen MR) is 96.0 cm³/mol. The number of hydrogen-bond acceptors (Lipinski definition) is 4. The summed E-state index contributed by atoms with van der Waals surface area (Å²) in [5.41, 5.74) is 1.64. The minimum absolute atomic E-state index is 0.0512. The van der Waals surface area contributed by atoms with E-state index in [0.717, 1.165) is 5.56 Å². The minimum atomic E-state index is -3.25. The maximum absolute atomic E-state index is 13.0. The quantitative estimate of drug-likeness (QED) is 0.848. The molecule has 1 N–H and O–H groups in total. The Morgan fingerprint density at radius 1 is 1.15 bits per heavy atom. The first-order valence-electron chi connectivity index (χ1n) is 8.94. The SMILES string of the molecule is CCS(=O)(=O)N1CCC(C(=O)N2CCc3ccccc3C2C(=O)O)CC1. The van der Waals surface area contributed by atoms with E-state index in [1.807, 2.05) is 12.1 Å². The van der Waals surface area contributed by atoms with Gasteiger partial charge in [0.05, 0.1) is 5.75 Å². The number of hydrogen-bond donors (Lipinski definition) is 1. The van der Waals surface area contributed by atoms with Gasteiger partial charge in [-0.3, -0.25) is 4.79 Å². The van der Waals surface area contributed by atoms with Crippen molar-refractivity contribution in [1.29, 1.82) is 0 Å². The van der Waals surface area contributed by atoms with E-state index in [1.54, 1.807) is 19.1 Å². The molecule has 0 saturated carbocycles. The standard InChI is InChI=1S/C18H24N2O5S/c1-2-26(24,25)19-10-7-14(8-11-19)17(21)20-12-9-13-5-3-4-6-15(13)16(20)18(22)23/h3-6,14,16H,2,7-12H2,1H3,(H,22,23). The van der Waals surface area contributed by atoms with Crippen molar-refractivity contribution in [2.45, 2.75) is 32.2 Å². The van der Waals surface area contributed by atoms with Crippen LogP contribution in [0.5, 0.6) is 0 Å². The predicted octanol–water partition coefficient (Wildman–Crippen LogP) is 1.26. The first-order chi connectivity index (χ1) is 12.3. The van der Waals surface area contributed by atoms with Crippen molar-refractivity contribution in [3.8, 4) is 0 Å². The van der Waals surface area contributed by atoms with Crippen LogP contribution < -0.4 is 0 Å². The van der Waals surface area contributed by atoms with Gasteiger partial charge in [0, 0.05) is 25.6 Å². The molecule has 0 spiro atoms. The van der Waals surface area contributed by atoms with Crippen LogP contribution in [0, 0.1) is 5.92 Å². The van der Waals surface area contributed by atoms with E-state index in [4.69, 9.17) is 0 Å². The number of rotatable bonds is 4. The van der Waals surface area contributed by atoms with Crippen LogP contribution in [0.25, 0.3) is 0 Å². The van der Waals surface area contributed by atoms with E-state index in [2.05, 4.69) is 0 Å². The van der Waals surface area contributed by atoms with E-state index in [-0.39, 0.29) is 17.6 Å². The number of carbonyl (C=O) groups is 2. The summed E-state index contributed by atoms with van der Waals surface area (Å²) < 4.78 is 25.4. The second-order valence-corrected chi connectivity index (χ2v) is 9.05. The molecular formula is C18H24N2O5S. The van der Waals surface area contributed by atoms with Gasteiger partial charge in [-0.2, -0.15) is 0 Å². The molecular weight excluding hydrogens is 356 g/mol. The van der Waals surface area contributed by atoms with Crippen molar-refractivity contribution in [2.75, 3.05) is 25.4 Å². The molecule has 0 aromatic heterocycles. The van der Waals surface area contributed by atoms with Gasteiger partial charge in [-0.15, -0.1) is 0 Å². The van der Waals surface area contributed by atoms with Crippen molar-refractivity contribution >= 4 is 21.9 Å². The number of fused-ring (bicyclic) bond motifs is 1. The monoisotopic (exact) mass is 380 g/mol. The molecule has 0 radical (unpaired) electrons. The normalized spacial score (nSPS) is 22.0. The Morgan fingerprint density at radius 2 is 1.81 bits per heavy atom.